The average Bonchev–Trinajstić information content (AvgIpc) is 3.05. The maximum atomic E-state index is 11.9. The number of thioether (sulfide) groups is 1. The van der Waals surface area contributed by atoms with Gasteiger partial charge in [-0.2, -0.15) is 0 Å². The van der Waals surface area contributed by atoms with Crippen LogP contribution in [0, 0.1) is 0 Å². The minimum atomic E-state index is 0.00468. The van der Waals surface area contributed by atoms with Crippen LogP contribution in [0.3, 0.4) is 0 Å². The van der Waals surface area contributed by atoms with Crippen LogP contribution in [0.25, 0.3) is 0 Å². The monoisotopic (exact) mass is 261 g/mol. The fourth-order valence-electron chi connectivity index (χ4n) is 2.43. The lowest BCUT2D eigenvalue weighted by Crippen LogP contribution is -2.32. The van der Waals surface area contributed by atoms with E-state index in [1.807, 2.05) is 6.92 Å². The van der Waals surface area contributed by atoms with Crippen molar-refractivity contribution in [3.8, 4) is 0 Å². The van der Waals surface area contributed by atoms with E-state index < -0.39 is 0 Å². The molecule has 18 heavy (non-hydrogen) atoms. The molecule has 1 N–H and O–H groups in total. The average molecular weight is 261 g/mol. The Kier molecular flexibility index (Phi) is 3.33. The number of benzene rings is 1. The summed E-state index contributed by atoms with van der Waals surface area (Å²) in [7, 11) is 0. The molecule has 2 aliphatic rings. The van der Waals surface area contributed by atoms with Gasteiger partial charge in [0.15, 0.2) is 0 Å². The summed E-state index contributed by atoms with van der Waals surface area (Å²) in [6, 6.07) is 7.13. The minimum Gasteiger partial charge on any atom is -0.352 e. The van der Waals surface area contributed by atoms with Gasteiger partial charge in [-0.05, 0) is 62.3 Å². The van der Waals surface area contributed by atoms with E-state index in [1.54, 1.807) is 11.8 Å². The molecule has 1 saturated carbocycles. The molecule has 2 nitrogen and oxygen atoms in total. The number of nitrogens with one attached hydrogen (secondary N) is 1. The second kappa shape index (κ2) is 4.96. The second-order valence-corrected chi connectivity index (χ2v) is 6.74. The molecule has 2 aliphatic carbocycles. The molecule has 0 radical (unpaired) electrons. The summed E-state index contributed by atoms with van der Waals surface area (Å²) in [4.78, 5) is 13.1. The maximum absolute atomic E-state index is 11.9. The molecule has 1 unspecified atom stereocenters. The molecule has 0 saturated heterocycles. The highest BCUT2D eigenvalue weighted by Gasteiger charge is 2.26. The molecule has 1 aromatic rings. The standard InChI is InChI=1S/C15H19NOS/c1-10(15(17)16-13-6-7-13)18-14-8-5-11-3-2-4-12(11)9-14/h5,8-10,13H,2-4,6-7H2,1H3,(H,16,17). The summed E-state index contributed by atoms with van der Waals surface area (Å²) in [6.07, 6.45) is 6.01. The SMILES string of the molecule is CC(Sc1ccc2c(c1)CCC2)C(=O)NC1CC1. The molecule has 1 aromatic carbocycles. The maximum Gasteiger partial charge on any atom is 0.233 e. The van der Waals surface area contributed by atoms with E-state index in [0.29, 0.717) is 6.04 Å². The van der Waals surface area contributed by atoms with Gasteiger partial charge in [-0.3, -0.25) is 4.79 Å². The van der Waals surface area contributed by atoms with Gasteiger partial charge in [-0.15, -0.1) is 11.8 Å². The first-order valence-corrected chi connectivity index (χ1v) is 7.69. The third kappa shape index (κ3) is 2.72. The van der Waals surface area contributed by atoms with Crippen LogP contribution in [0.5, 0.6) is 0 Å². The zero-order valence-corrected chi connectivity index (χ0v) is 11.6. The minimum absolute atomic E-state index is 0.00468. The quantitative estimate of drug-likeness (QED) is 0.844. The van der Waals surface area contributed by atoms with E-state index in [9.17, 15) is 4.79 Å². The first kappa shape index (κ1) is 12.1. The second-order valence-electron chi connectivity index (χ2n) is 5.33. The molecule has 1 amide bonds. The lowest BCUT2D eigenvalue weighted by molar-refractivity contribution is -0.120. The Morgan fingerprint density at radius 3 is 2.89 bits per heavy atom. The summed E-state index contributed by atoms with van der Waals surface area (Å²) >= 11 is 1.68. The van der Waals surface area contributed by atoms with Crippen LogP contribution >= 0.6 is 11.8 Å². The summed E-state index contributed by atoms with van der Waals surface area (Å²) in [5.41, 5.74) is 2.98. The van der Waals surface area contributed by atoms with E-state index in [2.05, 4.69) is 23.5 Å². The van der Waals surface area contributed by atoms with Crippen LogP contribution in [0.4, 0.5) is 0 Å². The number of amides is 1. The Morgan fingerprint density at radius 1 is 1.33 bits per heavy atom. The number of carbonyl (C=O) groups excluding carboxylic acids is 1. The molecular formula is C15H19NOS. The summed E-state index contributed by atoms with van der Waals surface area (Å²) < 4.78 is 0. The Hall–Kier alpha value is -0.960. The molecule has 3 rings (SSSR count). The molecule has 0 aromatic heterocycles. The fraction of sp³-hybridized carbons (Fsp3) is 0.533. The van der Waals surface area contributed by atoms with Crippen molar-refractivity contribution in [2.24, 2.45) is 0 Å². The third-order valence-electron chi connectivity index (χ3n) is 3.68. The lowest BCUT2D eigenvalue weighted by Gasteiger charge is -2.12. The van der Waals surface area contributed by atoms with Gasteiger partial charge < -0.3 is 5.32 Å². The van der Waals surface area contributed by atoms with Crippen LogP contribution in [-0.2, 0) is 17.6 Å². The van der Waals surface area contributed by atoms with Crippen LogP contribution in [0.15, 0.2) is 23.1 Å². The van der Waals surface area contributed by atoms with Crippen molar-refractivity contribution < 1.29 is 4.79 Å². The van der Waals surface area contributed by atoms with E-state index in [0.717, 1.165) is 12.8 Å². The zero-order chi connectivity index (χ0) is 12.5. The van der Waals surface area contributed by atoms with E-state index in [4.69, 9.17) is 0 Å². The summed E-state index contributed by atoms with van der Waals surface area (Å²) in [6.45, 7) is 2.00. The van der Waals surface area contributed by atoms with Crippen molar-refractivity contribution in [3.63, 3.8) is 0 Å². The molecule has 0 bridgehead atoms. The van der Waals surface area contributed by atoms with Gasteiger partial charge in [0, 0.05) is 10.9 Å². The van der Waals surface area contributed by atoms with Gasteiger partial charge in [-0.1, -0.05) is 6.07 Å². The number of hydrogen-bond donors (Lipinski definition) is 1. The summed E-state index contributed by atoms with van der Waals surface area (Å²) in [5, 5.41) is 3.07. The van der Waals surface area contributed by atoms with Gasteiger partial charge in [0.25, 0.3) is 0 Å². The Balaban J connectivity index is 1.62. The molecule has 0 heterocycles. The van der Waals surface area contributed by atoms with Crippen molar-refractivity contribution in [2.45, 2.75) is 55.2 Å². The largest absolute Gasteiger partial charge is 0.352 e. The number of hydrogen-bond acceptors (Lipinski definition) is 2. The van der Waals surface area contributed by atoms with E-state index >= 15 is 0 Å². The topological polar surface area (TPSA) is 29.1 Å². The Morgan fingerprint density at radius 2 is 2.11 bits per heavy atom. The van der Waals surface area contributed by atoms with Gasteiger partial charge in [0.1, 0.15) is 0 Å². The van der Waals surface area contributed by atoms with Crippen LogP contribution in [0.2, 0.25) is 0 Å². The van der Waals surface area contributed by atoms with Crippen LogP contribution < -0.4 is 5.32 Å². The van der Waals surface area contributed by atoms with E-state index in [-0.39, 0.29) is 11.2 Å². The Bertz CT molecular complexity index is 468. The molecular weight excluding hydrogens is 242 g/mol. The first-order valence-electron chi connectivity index (χ1n) is 6.81. The highest BCUT2D eigenvalue weighted by Crippen LogP contribution is 2.30. The molecule has 96 valence electrons. The summed E-state index contributed by atoms with van der Waals surface area (Å²) in [5.74, 6) is 0.183. The van der Waals surface area contributed by atoms with Crippen molar-refractivity contribution in [1.82, 2.24) is 5.32 Å². The molecule has 3 heteroatoms. The van der Waals surface area contributed by atoms with Crippen molar-refractivity contribution in [2.75, 3.05) is 0 Å². The smallest absolute Gasteiger partial charge is 0.233 e. The fourth-order valence-corrected chi connectivity index (χ4v) is 3.37. The van der Waals surface area contributed by atoms with Crippen LogP contribution in [-0.4, -0.2) is 17.2 Å². The highest BCUT2D eigenvalue weighted by molar-refractivity contribution is 8.00. The highest BCUT2D eigenvalue weighted by atomic mass is 32.2. The number of rotatable bonds is 4. The van der Waals surface area contributed by atoms with E-state index in [1.165, 1.54) is 35.3 Å². The predicted molar refractivity (Wildman–Crippen MR) is 75.0 cm³/mol. The molecule has 0 spiro atoms. The lowest BCUT2D eigenvalue weighted by atomic mass is 10.1. The first-order chi connectivity index (χ1) is 8.72. The Labute approximate surface area is 113 Å². The number of fused-ring (bicyclic) bond motifs is 1. The van der Waals surface area contributed by atoms with Gasteiger partial charge >= 0.3 is 0 Å². The van der Waals surface area contributed by atoms with Crippen molar-refractivity contribution >= 4 is 17.7 Å². The van der Waals surface area contributed by atoms with Crippen LogP contribution in [0.1, 0.15) is 37.3 Å². The van der Waals surface area contributed by atoms with Crippen molar-refractivity contribution in [1.29, 1.82) is 0 Å². The van der Waals surface area contributed by atoms with Crippen molar-refractivity contribution in [3.05, 3.63) is 29.3 Å². The zero-order valence-electron chi connectivity index (χ0n) is 10.7. The normalized spacial score (nSPS) is 19.4. The molecule has 1 atom stereocenters. The molecule has 1 fully saturated rings. The number of aryl methyl sites for hydroxylation is 2. The molecule has 0 aliphatic heterocycles. The van der Waals surface area contributed by atoms with Gasteiger partial charge in [0.2, 0.25) is 5.91 Å². The van der Waals surface area contributed by atoms with Gasteiger partial charge in [-0.25, -0.2) is 0 Å². The predicted octanol–water partition coefficient (Wildman–Crippen LogP) is 2.93. The third-order valence-corrected chi connectivity index (χ3v) is 4.77. The van der Waals surface area contributed by atoms with Gasteiger partial charge in [0.05, 0.1) is 5.25 Å². The number of carbonyl (C=O) groups is 1.